The number of nitrogens with zero attached hydrogens (tertiary/aromatic N) is 2. The molecular weight excluding hydrogens is 238 g/mol. The summed E-state index contributed by atoms with van der Waals surface area (Å²) in [5.74, 6) is 0. The first-order valence-corrected chi connectivity index (χ1v) is 6.00. The van der Waals surface area contributed by atoms with Crippen LogP contribution in [0.3, 0.4) is 0 Å². The van der Waals surface area contributed by atoms with Crippen LogP contribution in [0.25, 0.3) is 0 Å². The lowest BCUT2D eigenvalue weighted by atomic mass is 9.89. The molecule has 1 aliphatic heterocycles. The number of piperidine rings is 1. The van der Waals surface area contributed by atoms with Crippen molar-refractivity contribution in [3.05, 3.63) is 10.1 Å². The zero-order valence-corrected chi connectivity index (χ0v) is 11.1. The van der Waals surface area contributed by atoms with Crippen molar-refractivity contribution in [3.8, 4) is 0 Å². The molecular formula is C11H21N3O4. The molecule has 1 heterocycles. The Morgan fingerprint density at radius 1 is 1.44 bits per heavy atom. The van der Waals surface area contributed by atoms with Gasteiger partial charge in [0.1, 0.15) is 5.60 Å². The predicted octanol–water partition coefficient (Wildman–Crippen LogP) is 0.992. The van der Waals surface area contributed by atoms with E-state index in [1.54, 1.807) is 25.7 Å². The zero-order chi connectivity index (χ0) is 14.0. The van der Waals surface area contributed by atoms with E-state index < -0.39 is 16.1 Å². The number of carbonyl (C=O) groups excluding carboxylic acids is 1. The Balaban J connectivity index is 2.48. The Morgan fingerprint density at radius 3 is 2.33 bits per heavy atom. The summed E-state index contributed by atoms with van der Waals surface area (Å²) in [6.07, 6.45) is 0.464. The van der Waals surface area contributed by atoms with Gasteiger partial charge in [0.2, 0.25) is 6.54 Å². The maximum Gasteiger partial charge on any atom is 0.410 e. The fourth-order valence-electron chi connectivity index (χ4n) is 1.88. The second kappa shape index (κ2) is 5.09. The molecule has 1 amide bonds. The molecule has 7 nitrogen and oxygen atoms in total. The number of amides is 1. The predicted molar refractivity (Wildman–Crippen MR) is 65.8 cm³/mol. The smallest absolute Gasteiger partial charge is 0.410 e. The summed E-state index contributed by atoms with van der Waals surface area (Å²) in [6.45, 7) is 5.95. The molecule has 0 spiro atoms. The minimum Gasteiger partial charge on any atom is -0.444 e. The summed E-state index contributed by atoms with van der Waals surface area (Å²) in [5.41, 5.74) is 4.59. The molecule has 0 aromatic heterocycles. The highest BCUT2D eigenvalue weighted by Gasteiger charge is 2.37. The first-order valence-electron chi connectivity index (χ1n) is 6.00. The SMILES string of the molecule is CC(C)(C)OC(=O)N1CCC(N)(C[N+](=O)[O-])CC1. The molecule has 18 heavy (non-hydrogen) atoms. The van der Waals surface area contributed by atoms with E-state index in [-0.39, 0.29) is 12.6 Å². The quantitative estimate of drug-likeness (QED) is 0.589. The summed E-state index contributed by atoms with van der Waals surface area (Å²) < 4.78 is 5.24. The van der Waals surface area contributed by atoms with Crippen LogP contribution in [-0.4, -0.2) is 46.7 Å². The molecule has 1 fully saturated rings. The van der Waals surface area contributed by atoms with Crippen LogP contribution < -0.4 is 5.73 Å². The van der Waals surface area contributed by atoms with E-state index in [0.717, 1.165) is 0 Å². The van der Waals surface area contributed by atoms with Crippen LogP contribution in [0.15, 0.2) is 0 Å². The maximum absolute atomic E-state index is 11.8. The third-order valence-electron chi connectivity index (χ3n) is 2.85. The summed E-state index contributed by atoms with van der Waals surface area (Å²) in [5, 5.41) is 10.5. The molecule has 0 bridgehead atoms. The highest BCUT2D eigenvalue weighted by Crippen LogP contribution is 2.21. The lowest BCUT2D eigenvalue weighted by Gasteiger charge is -2.37. The molecule has 0 unspecified atom stereocenters. The molecule has 0 atom stereocenters. The van der Waals surface area contributed by atoms with Crippen molar-refractivity contribution in [1.29, 1.82) is 0 Å². The van der Waals surface area contributed by atoms with Gasteiger partial charge < -0.3 is 15.4 Å². The van der Waals surface area contributed by atoms with Crippen molar-refractivity contribution in [2.45, 2.75) is 44.8 Å². The number of hydrogen-bond donors (Lipinski definition) is 1. The van der Waals surface area contributed by atoms with E-state index >= 15 is 0 Å². The molecule has 1 saturated heterocycles. The number of nitrogens with two attached hydrogens (primary N) is 1. The topological polar surface area (TPSA) is 98.7 Å². The molecule has 1 rings (SSSR count). The fourth-order valence-corrected chi connectivity index (χ4v) is 1.88. The summed E-state index contributed by atoms with van der Waals surface area (Å²) in [4.78, 5) is 23.4. The van der Waals surface area contributed by atoms with Gasteiger partial charge in [-0.1, -0.05) is 0 Å². The molecule has 2 N–H and O–H groups in total. The highest BCUT2D eigenvalue weighted by molar-refractivity contribution is 5.68. The van der Waals surface area contributed by atoms with E-state index in [4.69, 9.17) is 10.5 Å². The van der Waals surface area contributed by atoms with Crippen molar-refractivity contribution in [2.75, 3.05) is 19.6 Å². The van der Waals surface area contributed by atoms with Gasteiger partial charge in [-0.15, -0.1) is 0 Å². The van der Waals surface area contributed by atoms with Crippen molar-refractivity contribution in [3.63, 3.8) is 0 Å². The van der Waals surface area contributed by atoms with Crippen LogP contribution in [-0.2, 0) is 4.74 Å². The Morgan fingerprint density at radius 2 is 1.94 bits per heavy atom. The van der Waals surface area contributed by atoms with Crippen molar-refractivity contribution >= 4 is 6.09 Å². The van der Waals surface area contributed by atoms with E-state index in [9.17, 15) is 14.9 Å². The number of carbonyl (C=O) groups is 1. The molecule has 0 radical (unpaired) electrons. The standard InChI is InChI=1S/C11H21N3O4/c1-10(2,3)18-9(15)13-6-4-11(12,5-7-13)8-14(16)17/h4-8,12H2,1-3H3. The molecule has 0 aromatic carbocycles. The highest BCUT2D eigenvalue weighted by atomic mass is 16.6. The van der Waals surface area contributed by atoms with Crippen LogP contribution in [0.2, 0.25) is 0 Å². The lowest BCUT2D eigenvalue weighted by Crippen LogP contribution is -2.55. The molecule has 104 valence electrons. The Kier molecular flexibility index (Phi) is 4.16. The second-order valence-electron chi connectivity index (χ2n) is 5.82. The normalized spacial score (nSPS) is 19.4. The van der Waals surface area contributed by atoms with Gasteiger partial charge in [0.15, 0.2) is 0 Å². The van der Waals surface area contributed by atoms with Crippen LogP contribution in [0.1, 0.15) is 33.6 Å². The number of likely N-dealkylation sites (tertiary alicyclic amines) is 1. The number of ether oxygens (including phenoxy) is 1. The van der Waals surface area contributed by atoms with E-state index in [2.05, 4.69) is 0 Å². The minimum absolute atomic E-state index is 0.255. The van der Waals surface area contributed by atoms with Gasteiger partial charge in [0.05, 0.1) is 5.54 Å². The first kappa shape index (κ1) is 14.7. The average Bonchev–Trinajstić information content (AvgIpc) is 2.13. The van der Waals surface area contributed by atoms with Gasteiger partial charge in [-0.05, 0) is 33.6 Å². The molecule has 0 saturated carbocycles. The molecule has 7 heteroatoms. The van der Waals surface area contributed by atoms with Gasteiger partial charge in [0.25, 0.3) is 0 Å². The maximum atomic E-state index is 11.8. The van der Waals surface area contributed by atoms with Crippen molar-refractivity contribution < 1.29 is 14.5 Å². The molecule has 1 aliphatic rings. The summed E-state index contributed by atoms with van der Waals surface area (Å²) in [7, 11) is 0. The number of rotatable bonds is 2. The number of nitro groups is 1. The summed E-state index contributed by atoms with van der Waals surface area (Å²) >= 11 is 0. The fraction of sp³-hybridized carbons (Fsp3) is 0.909. The second-order valence-corrected chi connectivity index (χ2v) is 5.82. The average molecular weight is 259 g/mol. The largest absolute Gasteiger partial charge is 0.444 e. The van der Waals surface area contributed by atoms with Crippen LogP contribution >= 0.6 is 0 Å². The Hall–Kier alpha value is -1.37. The third kappa shape index (κ3) is 4.48. The van der Waals surface area contributed by atoms with E-state index in [1.165, 1.54) is 0 Å². The van der Waals surface area contributed by atoms with E-state index in [0.29, 0.717) is 25.9 Å². The van der Waals surface area contributed by atoms with E-state index in [1.807, 2.05) is 0 Å². The van der Waals surface area contributed by atoms with Gasteiger partial charge >= 0.3 is 6.09 Å². The van der Waals surface area contributed by atoms with Crippen molar-refractivity contribution in [1.82, 2.24) is 4.90 Å². The third-order valence-corrected chi connectivity index (χ3v) is 2.85. The monoisotopic (exact) mass is 259 g/mol. The first-order chi connectivity index (χ1) is 8.11. The van der Waals surface area contributed by atoms with Crippen molar-refractivity contribution in [2.24, 2.45) is 5.73 Å². The molecule has 0 aliphatic carbocycles. The minimum atomic E-state index is -0.804. The molecule has 0 aromatic rings. The zero-order valence-electron chi connectivity index (χ0n) is 11.1. The van der Waals surface area contributed by atoms with Crippen LogP contribution in [0, 0.1) is 10.1 Å². The summed E-state index contributed by atoms with van der Waals surface area (Å²) in [6, 6.07) is 0. The van der Waals surface area contributed by atoms with Gasteiger partial charge in [-0.25, -0.2) is 4.79 Å². The van der Waals surface area contributed by atoms with Gasteiger partial charge in [0, 0.05) is 18.0 Å². The van der Waals surface area contributed by atoms with Crippen LogP contribution in [0.4, 0.5) is 4.79 Å². The van der Waals surface area contributed by atoms with Crippen LogP contribution in [0.5, 0.6) is 0 Å². The Bertz CT molecular complexity index is 330. The van der Waals surface area contributed by atoms with Gasteiger partial charge in [-0.3, -0.25) is 10.1 Å². The Labute approximate surface area is 106 Å². The van der Waals surface area contributed by atoms with Gasteiger partial charge in [-0.2, -0.15) is 0 Å². The number of hydrogen-bond acceptors (Lipinski definition) is 5. The lowest BCUT2D eigenvalue weighted by molar-refractivity contribution is -0.490.